The largest absolute Gasteiger partial charge is 0.484 e. The highest BCUT2D eigenvalue weighted by atomic mass is 32.1. The maximum Gasteiger partial charge on any atom is 0.165 e. The number of aromatic nitrogens is 1. The van der Waals surface area contributed by atoms with Crippen molar-refractivity contribution in [2.75, 3.05) is 6.54 Å². The van der Waals surface area contributed by atoms with Crippen molar-refractivity contribution in [3.8, 4) is 5.75 Å². The smallest absolute Gasteiger partial charge is 0.165 e. The number of benzene rings is 1. The first-order valence-electron chi connectivity index (χ1n) is 6.72. The topological polar surface area (TPSA) is 34.2 Å². The third-order valence-corrected chi connectivity index (χ3v) is 3.66. The minimum Gasteiger partial charge on any atom is -0.484 e. The molecule has 3 nitrogen and oxygen atoms in total. The van der Waals surface area contributed by atoms with Crippen LogP contribution in [0, 0.1) is 12.7 Å². The van der Waals surface area contributed by atoms with E-state index in [0.29, 0.717) is 6.61 Å². The predicted molar refractivity (Wildman–Crippen MR) is 79.6 cm³/mol. The van der Waals surface area contributed by atoms with Crippen LogP contribution in [-0.4, -0.2) is 11.5 Å². The van der Waals surface area contributed by atoms with Gasteiger partial charge in [0.2, 0.25) is 0 Å². The van der Waals surface area contributed by atoms with Gasteiger partial charge < -0.3 is 10.1 Å². The molecule has 1 aromatic heterocycles. The lowest BCUT2D eigenvalue weighted by molar-refractivity contribution is 0.286. The highest BCUT2D eigenvalue weighted by molar-refractivity contribution is 7.09. The zero-order chi connectivity index (χ0) is 14.4. The molecule has 0 saturated heterocycles. The molecule has 1 aromatic carbocycles. The molecule has 0 bridgehead atoms. The Balaban J connectivity index is 1.89. The van der Waals surface area contributed by atoms with E-state index in [1.807, 2.05) is 12.3 Å². The van der Waals surface area contributed by atoms with E-state index in [-0.39, 0.29) is 11.6 Å². The van der Waals surface area contributed by atoms with E-state index in [9.17, 15) is 4.39 Å². The summed E-state index contributed by atoms with van der Waals surface area (Å²) >= 11 is 1.60. The second kappa shape index (κ2) is 7.36. The molecule has 1 heterocycles. The van der Waals surface area contributed by atoms with E-state index in [0.717, 1.165) is 35.8 Å². The first-order chi connectivity index (χ1) is 9.69. The fraction of sp³-hybridized carbons (Fsp3) is 0.400. The summed E-state index contributed by atoms with van der Waals surface area (Å²) in [5.41, 5.74) is 1.81. The van der Waals surface area contributed by atoms with Crippen LogP contribution in [0.3, 0.4) is 0 Å². The van der Waals surface area contributed by atoms with Crippen molar-refractivity contribution in [3.63, 3.8) is 0 Å². The average molecular weight is 294 g/mol. The second-order valence-corrected chi connectivity index (χ2v) is 5.57. The maximum atomic E-state index is 13.5. The Hall–Kier alpha value is -1.46. The molecule has 0 aliphatic carbocycles. The number of hydrogen-bond donors (Lipinski definition) is 1. The van der Waals surface area contributed by atoms with Crippen LogP contribution in [0.25, 0.3) is 0 Å². The lowest BCUT2D eigenvalue weighted by Gasteiger charge is -2.06. The van der Waals surface area contributed by atoms with Crippen molar-refractivity contribution in [3.05, 3.63) is 45.7 Å². The first kappa shape index (κ1) is 14.9. The molecule has 0 unspecified atom stereocenters. The van der Waals surface area contributed by atoms with E-state index < -0.39 is 0 Å². The third kappa shape index (κ3) is 4.28. The number of ether oxygens (including phenoxy) is 1. The summed E-state index contributed by atoms with van der Waals surface area (Å²) in [5, 5.41) is 6.29. The number of nitrogens with zero attached hydrogens (tertiary/aromatic N) is 1. The molecule has 1 N–H and O–H groups in total. The van der Waals surface area contributed by atoms with Gasteiger partial charge in [-0.3, -0.25) is 0 Å². The Labute approximate surface area is 122 Å². The van der Waals surface area contributed by atoms with Crippen LogP contribution < -0.4 is 10.1 Å². The summed E-state index contributed by atoms with van der Waals surface area (Å²) in [6, 6.07) is 4.85. The second-order valence-electron chi connectivity index (χ2n) is 4.63. The zero-order valence-corrected chi connectivity index (χ0v) is 12.6. The van der Waals surface area contributed by atoms with Crippen molar-refractivity contribution in [2.24, 2.45) is 0 Å². The molecule has 0 amide bonds. The van der Waals surface area contributed by atoms with Crippen LogP contribution in [0.1, 0.15) is 29.6 Å². The van der Waals surface area contributed by atoms with Gasteiger partial charge in [-0.25, -0.2) is 9.37 Å². The van der Waals surface area contributed by atoms with Gasteiger partial charge in [0.15, 0.2) is 11.6 Å². The molecule has 0 aliphatic heterocycles. The molecule has 0 aliphatic rings. The molecule has 0 fully saturated rings. The highest BCUT2D eigenvalue weighted by Crippen LogP contribution is 2.20. The average Bonchev–Trinajstić information content (AvgIpc) is 2.88. The number of hydrogen-bond acceptors (Lipinski definition) is 4. The molecule has 20 heavy (non-hydrogen) atoms. The van der Waals surface area contributed by atoms with Crippen molar-refractivity contribution < 1.29 is 9.13 Å². The lowest BCUT2D eigenvalue weighted by atomic mass is 10.2. The van der Waals surface area contributed by atoms with Crippen LogP contribution in [-0.2, 0) is 13.2 Å². The SMILES string of the molecule is CCCNCc1nc(COc2cc(C)ccc2F)cs1. The third-order valence-electron chi connectivity index (χ3n) is 2.76. The van der Waals surface area contributed by atoms with Gasteiger partial charge >= 0.3 is 0 Å². The van der Waals surface area contributed by atoms with Crippen LogP contribution in [0.15, 0.2) is 23.6 Å². The minimum absolute atomic E-state index is 0.281. The summed E-state index contributed by atoms with van der Waals surface area (Å²) in [4.78, 5) is 4.46. The van der Waals surface area contributed by atoms with Gasteiger partial charge in [-0.15, -0.1) is 11.3 Å². The summed E-state index contributed by atoms with van der Waals surface area (Å²) in [6.07, 6.45) is 1.11. The van der Waals surface area contributed by atoms with Crippen molar-refractivity contribution in [1.82, 2.24) is 10.3 Å². The summed E-state index contributed by atoms with van der Waals surface area (Å²) in [7, 11) is 0. The van der Waals surface area contributed by atoms with E-state index in [2.05, 4.69) is 17.2 Å². The number of nitrogens with one attached hydrogen (secondary N) is 1. The molecule has 0 spiro atoms. The fourth-order valence-electron chi connectivity index (χ4n) is 1.74. The van der Waals surface area contributed by atoms with Crippen molar-refractivity contribution in [1.29, 1.82) is 0 Å². The maximum absolute atomic E-state index is 13.5. The first-order valence-corrected chi connectivity index (χ1v) is 7.60. The Morgan fingerprint density at radius 1 is 1.40 bits per heavy atom. The van der Waals surface area contributed by atoms with Gasteiger partial charge in [0.05, 0.1) is 5.69 Å². The Morgan fingerprint density at radius 2 is 2.25 bits per heavy atom. The van der Waals surface area contributed by atoms with Crippen LogP contribution in [0.5, 0.6) is 5.75 Å². The Morgan fingerprint density at radius 3 is 3.05 bits per heavy atom. The Bertz CT molecular complexity index is 557. The van der Waals surface area contributed by atoms with Crippen molar-refractivity contribution >= 4 is 11.3 Å². The fourth-order valence-corrected chi connectivity index (χ4v) is 2.49. The monoisotopic (exact) mass is 294 g/mol. The molecule has 5 heteroatoms. The number of thiazole rings is 1. The lowest BCUT2D eigenvalue weighted by Crippen LogP contribution is -2.13. The van der Waals surface area contributed by atoms with Gasteiger partial charge in [-0.05, 0) is 37.6 Å². The standard InChI is InChI=1S/C15H19FN2OS/c1-3-6-17-8-15-18-12(10-20-15)9-19-14-7-11(2)4-5-13(14)16/h4-5,7,10,17H,3,6,8-9H2,1-2H3. The highest BCUT2D eigenvalue weighted by Gasteiger charge is 2.06. The van der Waals surface area contributed by atoms with E-state index >= 15 is 0 Å². The van der Waals surface area contributed by atoms with Crippen LogP contribution in [0.2, 0.25) is 0 Å². The molecule has 2 aromatic rings. The Kier molecular flexibility index (Phi) is 5.49. The molecule has 0 atom stereocenters. The van der Waals surface area contributed by atoms with Crippen LogP contribution >= 0.6 is 11.3 Å². The van der Waals surface area contributed by atoms with Gasteiger partial charge in [0.1, 0.15) is 11.6 Å². The molecule has 2 rings (SSSR count). The molecular weight excluding hydrogens is 275 g/mol. The normalized spacial score (nSPS) is 10.8. The molecular formula is C15H19FN2OS. The minimum atomic E-state index is -0.337. The molecule has 0 saturated carbocycles. The summed E-state index contributed by atoms with van der Waals surface area (Å²) in [6.45, 7) is 6.10. The number of rotatable bonds is 7. The van der Waals surface area contributed by atoms with Gasteiger partial charge in [-0.2, -0.15) is 0 Å². The van der Waals surface area contributed by atoms with Gasteiger partial charge in [-0.1, -0.05) is 13.0 Å². The van der Waals surface area contributed by atoms with E-state index in [4.69, 9.17) is 4.74 Å². The zero-order valence-electron chi connectivity index (χ0n) is 11.8. The van der Waals surface area contributed by atoms with Crippen molar-refractivity contribution in [2.45, 2.75) is 33.4 Å². The van der Waals surface area contributed by atoms with Crippen LogP contribution in [0.4, 0.5) is 4.39 Å². The van der Waals surface area contributed by atoms with Gasteiger partial charge in [0, 0.05) is 11.9 Å². The van der Waals surface area contributed by atoms with E-state index in [1.54, 1.807) is 23.5 Å². The summed E-state index contributed by atoms with van der Waals surface area (Å²) in [5.74, 6) is -0.0562. The number of aryl methyl sites for hydroxylation is 1. The quantitative estimate of drug-likeness (QED) is 0.791. The van der Waals surface area contributed by atoms with Gasteiger partial charge in [0.25, 0.3) is 0 Å². The van der Waals surface area contributed by atoms with E-state index in [1.165, 1.54) is 6.07 Å². The number of halogens is 1. The summed E-state index contributed by atoms with van der Waals surface area (Å²) < 4.78 is 19.0. The molecule has 0 radical (unpaired) electrons. The molecule has 108 valence electrons. The predicted octanol–water partition coefficient (Wildman–Crippen LogP) is 3.67.